The first kappa shape index (κ1) is 11.8. The summed E-state index contributed by atoms with van der Waals surface area (Å²) in [4.78, 5) is 0. The first-order valence-electron chi connectivity index (χ1n) is 5.62. The molecule has 1 aliphatic rings. The third-order valence-corrected chi connectivity index (χ3v) is 4.84. The summed E-state index contributed by atoms with van der Waals surface area (Å²) in [6.45, 7) is 2.15. The summed E-state index contributed by atoms with van der Waals surface area (Å²) in [5.74, 6) is 1.99. The molecule has 1 saturated heterocycles. The van der Waals surface area contributed by atoms with E-state index in [0.29, 0.717) is 0 Å². The molecule has 3 heteroatoms. The molecule has 1 aromatic carbocycles. The predicted octanol–water partition coefficient (Wildman–Crippen LogP) is 3.01. The van der Waals surface area contributed by atoms with Crippen LogP contribution in [-0.4, -0.2) is 22.7 Å². The fraction of sp³-hybridized carbons (Fsp3) is 0.538. The topological polar surface area (TPSA) is 29.5 Å². The molecule has 0 bridgehead atoms. The summed E-state index contributed by atoms with van der Waals surface area (Å²) in [6, 6.07) is 7.71. The van der Waals surface area contributed by atoms with E-state index < -0.39 is 0 Å². The molecule has 88 valence electrons. The number of thioether (sulfide) groups is 1. The maximum absolute atomic E-state index is 10.4. The minimum absolute atomic E-state index is 0.0193. The Morgan fingerprint density at radius 3 is 2.56 bits per heavy atom. The van der Waals surface area contributed by atoms with Gasteiger partial charge in [-0.25, -0.2) is 0 Å². The van der Waals surface area contributed by atoms with Crippen LogP contribution < -0.4 is 4.74 Å². The largest absolute Gasteiger partial charge is 0.497 e. The van der Waals surface area contributed by atoms with Gasteiger partial charge in [-0.05, 0) is 43.2 Å². The van der Waals surface area contributed by atoms with Gasteiger partial charge in [0.25, 0.3) is 0 Å². The number of benzene rings is 1. The molecule has 1 aromatic rings. The van der Waals surface area contributed by atoms with Crippen molar-refractivity contribution in [1.82, 2.24) is 0 Å². The predicted molar refractivity (Wildman–Crippen MR) is 68.1 cm³/mol. The van der Waals surface area contributed by atoms with Crippen molar-refractivity contribution in [2.45, 2.75) is 30.6 Å². The van der Waals surface area contributed by atoms with Crippen LogP contribution in [0.4, 0.5) is 0 Å². The normalized spacial score (nSPS) is 26.7. The molecular formula is C13H18O2S. The molecule has 0 spiro atoms. The van der Waals surface area contributed by atoms with E-state index >= 15 is 0 Å². The molecule has 2 atom stereocenters. The highest BCUT2D eigenvalue weighted by molar-refractivity contribution is 8.00. The van der Waals surface area contributed by atoms with Gasteiger partial charge in [0.05, 0.1) is 13.2 Å². The molecule has 0 radical (unpaired) electrons. The SMILES string of the molecule is COc1ccc(C(O)C2(C)CCCS2)cc1. The maximum atomic E-state index is 10.4. The zero-order valence-corrected chi connectivity index (χ0v) is 10.6. The monoisotopic (exact) mass is 238 g/mol. The Bertz CT molecular complexity index is 341. The summed E-state index contributed by atoms with van der Waals surface area (Å²) in [5, 5.41) is 10.4. The number of rotatable bonds is 3. The molecule has 1 N–H and O–H groups in total. The van der Waals surface area contributed by atoms with Crippen LogP contribution in [0.2, 0.25) is 0 Å². The summed E-state index contributed by atoms with van der Waals surface area (Å²) < 4.78 is 5.09. The molecule has 1 heterocycles. The van der Waals surface area contributed by atoms with Crippen LogP contribution in [0.3, 0.4) is 0 Å². The molecular weight excluding hydrogens is 220 g/mol. The first-order valence-corrected chi connectivity index (χ1v) is 6.60. The van der Waals surface area contributed by atoms with Gasteiger partial charge in [-0.15, -0.1) is 0 Å². The number of methoxy groups -OCH3 is 1. The van der Waals surface area contributed by atoms with Gasteiger partial charge in [0.1, 0.15) is 5.75 Å². The smallest absolute Gasteiger partial charge is 0.118 e. The lowest BCUT2D eigenvalue weighted by Crippen LogP contribution is -2.26. The number of aliphatic hydroxyl groups is 1. The summed E-state index contributed by atoms with van der Waals surface area (Å²) in [7, 11) is 1.65. The third-order valence-electron chi connectivity index (χ3n) is 3.26. The van der Waals surface area contributed by atoms with Crippen LogP contribution in [0.1, 0.15) is 31.4 Å². The van der Waals surface area contributed by atoms with E-state index in [4.69, 9.17) is 4.74 Å². The molecule has 0 amide bonds. The second kappa shape index (κ2) is 4.68. The van der Waals surface area contributed by atoms with E-state index in [1.165, 1.54) is 6.42 Å². The molecule has 0 aliphatic carbocycles. The van der Waals surface area contributed by atoms with Gasteiger partial charge in [-0.1, -0.05) is 12.1 Å². The summed E-state index contributed by atoms with van der Waals surface area (Å²) >= 11 is 1.88. The molecule has 16 heavy (non-hydrogen) atoms. The number of hydrogen-bond donors (Lipinski definition) is 1. The van der Waals surface area contributed by atoms with Crippen LogP contribution in [-0.2, 0) is 0 Å². The molecule has 0 aromatic heterocycles. The van der Waals surface area contributed by atoms with Crippen molar-refractivity contribution in [2.24, 2.45) is 0 Å². The lowest BCUT2D eigenvalue weighted by atomic mass is 9.93. The average molecular weight is 238 g/mol. The van der Waals surface area contributed by atoms with Gasteiger partial charge in [-0.2, -0.15) is 11.8 Å². The zero-order valence-electron chi connectivity index (χ0n) is 9.77. The fourth-order valence-corrected chi connectivity index (χ4v) is 3.49. The third kappa shape index (κ3) is 2.20. The highest BCUT2D eigenvalue weighted by Crippen LogP contribution is 2.46. The van der Waals surface area contributed by atoms with E-state index in [-0.39, 0.29) is 10.9 Å². The quantitative estimate of drug-likeness (QED) is 0.877. The molecule has 0 saturated carbocycles. The van der Waals surface area contributed by atoms with E-state index in [9.17, 15) is 5.11 Å². The second-order valence-corrected chi connectivity index (χ2v) is 6.07. The number of aliphatic hydroxyl groups excluding tert-OH is 1. The van der Waals surface area contributed by atoms with Crippen LogP contribution in [0.15, 0.2) is 24.3 Å². The van der Waals surface area contributed by atoms with Crippen molar-refractivity contribution in [3.05, 3.63) is 29.8 Å². The Hall–Kier alpha value is -0.670. The lowest BCUT2D eigenvalue weighted by Gasteiger charge is -2.29. The Kier molecular flexibility index (Phi) is 3.45. The van der Waals surface area contributed by atoms with Gasteiger partial charge in [0.15, 0.2) is 0 Å². The molecule has 2 rings (SSSR count). The molecule has 2 unspecified atom stereocenters. The lowest BCUT2D eigenvalue weighted by molar-refractivity contribution is 0.135. The van der Waals surface area contributed by atoms with Gasteiger partial charge in [0.2, 0.25) is 0 Å². The first-order chi connectivity index (χ1) is 7.65. The van der Waals surface area contributed by atoms with Crippen LogP contribution in [0, 0.1) is 0 Å². The Morgan fingerprint density at radius 1 is 1.38 bits per heavy atom. The van der Waals surface area contributed by atoms with Crippen molar-refractivity contribution >= 4 is 11.8 Å². The van der Waals surface area contributed by atoms with Gasteiger partial charge < -0.3 is 9.84 Å². The number of ether oxygens (including phenoxy) is 1. The molecule has 1 fully saturated rings. The fourth-order valence-electron chi connectivity index (χ4n) is 2.16. The Labute approximate surface area is 101 Å². The van der Waals surface area contributed by atoms with Crippen molar-refractivity contribution < 1.29 is 9.84 Å². The highest BCUT2D eigenvalue weighted by atomic mass is 32.2. The minimum atomic E-state index is -0.383. The highest BCUT2D eigenvalue weighted by Gasteiger charge is 2.37. The van der Waals surface area contributed by atoms with Crippen molar-refractivity contribution in [2.75, 3.05) is 12.9 Å². The van der Waals surface area contributed by atoms with E-state index in [1.807, 2.05) is 36.0 Å². The summed E-state index contributed by atoms with van der Waals surface area (Å²) in [6.07, 6.45) is 1.91. The van der Waals surface area contributed by atoms with Gasteiger partial charge >= 0.3 is 0 Å². The standard InChI is InChI=1S/C13H18O2S/c1-13(8-3-9-16-13)12(14)10-4-6-11(15-2)7-5-10/h4-7,12,14H,3,8-9H2,1-2H3. The number of hydrogen-bond acceptors (Lipinski definition) is 3. The Morgan fingerprint density at radius 2 is 2.06 bits per heavy atom. The van der Waals surface area contributed by atoms with Crippen LogP contribution in [0.5, 0.6) is 5.75 Å². The maximum Gasteiger partial charge on any atom is 0.118 e. The summed E-state index contributed by atoms with van der Waals surface area (Å²) in [5.41, 5.74) is 0.984. The van der Waals surface area contributed by atoms with Crippen LogP contribution >= 0.6 is 11.8 Å². The van der Waals surface area contributed by atoms with E-state index in [2.05, 4.69) is 6.92 Å². The minimum Gasteiger partial charge on any atom is -0.497 e. The average Bonchev–Trinajstić information content (AvgIpc) is 2.77. The van der Waals surface area contributed by atoms with E-state index in [1.54, 1.807) is 7.11 Å². The van der Waals surface area contributed by atoms with Crippen molar-refractivity contribution in [3.8, 4) is 5.75 Å². The van der Waals surface area contributed by atoms with Crippen LogP contribution in [0.25, 0.3) is 0 Å². The molecule has 1 aliphatic heterocycles. The zero-order chi connectivity index (χ0) is 11.6. The van der Waals surface area contributed by atoms with Gasteiger partial charge in [-0.3, -0.25) is 0 Å². The molecule has 2 nitrogen and oxygen atoms in total. The van der Waals surface area contributed by atoms with Crippen molar-refractivity contribution in [1.29, 1.82) is 0 Å². The Balaban J connectivity index is 2.16. The van der Waals surface area contributed by atoms with Gasteiger partial charge in [0, 0.05) is 4.75 Å². The second-order valence-electron chi connectivity index (χ2n) is 4.44. The van der Waals surface area contributed by atoms with Crippen molar-refractivity contribution in [3.63, 3.8) is 0 Å². The van der Waals surface area contributed by atoms with E-state index in [0.717, 1.165) is 23.5 Å².